The largest absolute Gasteiger partial charge is 0.508 e. The van der Waals surface area contributed by atoms with Gasteiger partial charge in [-0.05, 0) is 30.7 Å². The zero-order valence-electron chi connectivity index (χ0n) is 12.8. The van der Waals surface area contributed by atoms with E-state index in [-0.39, 0.29) is 27.9 Å². The molecule has 1 N–H and O–H groups in total. The number of ether oxygens (including phenoxy) is 1. The number of fused-ring (bicyclic) bond motifs is 1. The Morgan fingerprint density at radius 1 is 1.25 bits per heavy atom. The fourth-order valence-corrected chi connectivity index (χ4v) is 2.72. The van der Waals surface area contributed by atoms with E-state index < -0.39 is 11.4 Å². The fraction of sp³-hybridized carbons (Fsp3) is 0.167. The second-order valence-electron chi connectivity index (χ2n) is 5.28. The normalized spacial score (nSPS) is 11.0. The van der Waals surface area contributed by atoms with Crippen molar-refractivity contribution >= 4 is 22.6 Å². The first-order valence-electron chi connectivity index (χ1n) is 7.41. The number of aryl methyl sites for hydroxylation is 1. The molecule has 1 aromatic heterocycles. The third kappa shape index (κ3) is 2.95. The van der Waals surface area contributed by atoms with Gasteiger partial charge in [-0.1, -0.05) is 31.0 Å². The number of para-hydroxylation sites is 1. The van der Waals surface area contributed by atoms with E-state index in [4.69, 9.17) is 20.8 Å². The van der Waals surface area contributed by atoms with Crippen LogP contribution in [0.2, 0.25) is 5.02 Å². The van der Waals surface area contributed by atoms with Gasteiger partial charge in [-0.15, -0.1) is 0 Å². The molecule has 0 aliphatic heterocycles. The molecule has 124 valence electrons. The van der Waals surface area contributed by atoms with E-state index in [2.05, 4.69) is 0 Å². The van der Waals surface area contributed by atoms with Gasteiger partial charge in [-0.2, -0.15) is 0 Å². The van der Waals surface area contributed by atoms with E-state index in [9.17, 15) is 14.3 Å². The molecule has 0 saturated carbocycles. The molecular formula is C18H14ClFO4. The summed E-state index contributed by atoms with van der Waals surface area (Å²) in [5.41, 5.74) is 0.0781. The molecule has 0 atom stereocenters. The van der Waals surface area contributed by atoms with Crippen LogP contribution in [0.4, 0.5) is 4.39 Å². The van der Waals surface area contributed by atoms with Gasteiger partial charge in [0.2, 0.25) is 5.75 Å². The van der Waals surface area contributed by atoms with E-state index in [0.717, 1.165) is 6.42 Å². The molecule has 3 rings (SSSR count). The lowest BCUT2D eigenvalue weighted by Crippen LogP contribution is -2.09. The highest BCUT2D eigenvalue weighted by molar-refractivity contribution is 6.32. The van der Waals surface area contributed by atoms with Crippen LogP contribution in [0.25, 0.3) is 11.0 Å². The van der Waals surface area contributed by atoms with E-state index in [0.29, 0.717) is 17.4 Å². The van der Waals surface area contributed by atoms with Gasteiger partial charge < -0.3 is 14.3 Å². The highest BCUT2D eigenvalue weighted by Gasteiger charge is 2.19. The lowest BCUT2D eigenvalue weighted by molar-refractivity contribution is 0.407. The highest BCUT2D eigenvalue weighted by atomic mass is 35.5. The summed E-state index contributed by atoms with van der Waals surface area (Å²) in [6, 6.07) is 8.59. The number of hydrogen-bond donors (Lipinski definition) is 1. The predicted molar refractivity (Wildman–Crippen MR) is 89.6 cm³/mol. The smallest absolute Gasteiger partial charge is 0.379 e. The number of halogens is 2. The monoisotopic (exact) mass is 348 g/mol. The number of hydrogen-bond acceptors (Lipinski definition) is 4. The fourth-order valence-electron chi connectivity index (χ4n) is 2.52. The minimum atomic E-state index is -0.754. The molecule has 4 nitrogen and oxygen atoms in total. The predicted octanol–water partition coefficient (Wildman–Crippen LogP) is 5.04. The third-order valence-corrected chi connectivity index (χ3v) is 3.87. The summed E-state index contributed by atoms with van der Waals surface area (Å²) < 4.78 is 24.7. The van der Waals surface area contributed by atoms with Gasteiger partial charge in [0.1, 0.15) is 11.3 Å². The van der Waals surface area contributed by atoms with Crippen LogP contribution in [0, 0.1) is 5.82 Å². The van der Waals surface area contributed by atoms with Crippen LogP contribution in [0.5, 0.6) is 17.2 Å². The Morgan fingerprint density at radius 2 is 2.04 bits per heavy atom. The van der Waals surface area contributed by atoms with Crippen LogP contribution >= 0.6 is 11.6 Å². The maximum atomic E-state index is 14.0. The number of rotatable bonds is 4. The average Bonchev–Trinajstić information content (AvgIpc) is 2.53. The molecule has 2 aromatic carbocycles. The van der Waals surface area contributed by atoms with Crippen molar-refractivity contribution in [1.29, 1.82) is 0 Å². The van der Waals surface area contributed by atoms with Crippen molar-refractivity contribution in [2.24, 2.45) is 0 Å². The van der Waals surface area contributed by atoms with Gasteiger partial charge in [0.05, 0.1) is 5.02 Å². The Balaban J connectivity index is 2.23. The van der Waals surface area contributed by atoms with Gasteiger partial charge in [-0.25, -0.2) is 9.18 Å². The van der Waals surface area contributed by atoms with Gasteiger partial charge in [0, 0.05) is 17.0 Å². The molecule has 3 aromatic rings. The van der Waals surface area contributed by atoms with Crippen LogP contribution in [0.1, 0.15) is 18.9 Å². The second-order valence-corrected chi connectivity index (χ2v) is 5.69. The van der Waals surface area contributed by atoms with Gasteiger partial charge in [0.15, 0.2) is 11.6 Å². The molecule has 0 aliphatic rings. The maximum absolute atomic E-state index is 14.0. The van der Waals surface area contributed by atoms with Crippen molar-refractivity contribution in [2.45, 2.75) is 19.8 Å². The Morgan fingerprint density at radius 3 is 2.75 bits per heavy atom. The zero-order valence-corrected chi connectivity index (χ0v) is 13.6. The molecular weight excluding hydrogens is 335 g/mol. The summed E-state index contributed by atoms with van der Waals surface area (Å²) in [4.78, 5) is 12.3. The molecule has 0 spiro atoms. The van der Waals surface area contributed by atoms with Gasteiger partial charge >= 0.3 is 5.63 Å². The Bertz CT molecular complexity index is 945. The van der Waals surface area contributed by atoms with Gasteiger partial charge in [0.25, 0.3) is 0 Å². The molecule has 24 heavy (non-hydrogen) atoms. The standard InChI is InChI=1S/C18H14ClFO4/c1-2-4-12-11-8-7-10(21)9-15(11)23-18(22)16(12)24-17-13(19)5-3-6-14(17)20/h3,5-9,21H,2,4H2,1H3. The van der Waals surface area contributed by atoms with Crippen LogP contribution < -0.4 is 10.4 Å². The molecule has 6 heteroatoms. The van der Waals surface area contributed by atoms with Crippen molar-refractivity contribution in [2.75, 3.05) is 0 Å². The van der Waals surface area contributed by atoms with Crippen molar-refractivity contribution in [1.82, 2.24) is 0 Å². The van der Waals surface area contributed by atoms with Gasteiger partial charge in [-0.3, -0.25) is 0 Å². The van der Waals surface area contributed by atoms with Crippen LogP contribution in [-0.4, -0.2) is 5.11 Å². The molecule has 0 radical (unpaired) electrons. The molecule has 0 unspecified atom stereocenters. The van der Waals surface area contributed by atoms with E-state index in [1.165, 1.54) is 30.3 Å². The van der Waals surface area contributed by atoms with Crippen LogP contribution in [-0.2, 0) is 6.42 Å². The first-order valence-corrected chi connectivity index (χ1v) is 7.79. The Hall–Kier alpha value is -2.53. The summed E-state index contributed by atoms with van der Waals surface area (Å²) in [5.74, 6) is -1.00. The van der Waals surface area contributed by atoms with Crippen molar-refractivity contribution in [3.8, 4) is 17.2 Å². The van der Waals surface area contributed by atoms with Crippen LogP contribution in [0.3, 0.4) is 0 Å². The summed E-state index contributed by atoms with van der Waals surface area (Å²) >= 11 is 5.97. The Kier molecular flexibility index (Phi) is 4.44. The van der Waals surface area contributed by atoms with Crippen molar-refractivity contribution in [3.05, 3.63) is 63.2 Å². The number of phenolic OH excluding ortho intramolecular Hbond substituents is 1. The summed E-state index contributed by atoms with van der Waals surface area (Å²) in [7, 11) is 0. The minimum Gasteiger partial charge on any atom is -0.508 e. The van der Waals surface area contributed by atoms with Crippen molar-refractivity contribution < 1.29 is 18.7 Å². The number of phenols is 1. The zero-order chi connectivity index (χ0) is 17.3. The van der Waals surface area contributed by atoms with Crippen molar-refractivity contribution in [3.63, 3.8) is 0 Å². The molecule has 0 fully saturated rings. The first-order chi connectivity index (χ1) is 11.5. The van der Waals surface area contributed by atoms with E-state index >= 15 is 0 Å². The lowest BCUT2D eigenvalue weighted by Gasteiger charge is -2.13. The molecule has 0 aliphatic carbocycles. The SMILES string of the molecule is CCCc1c(Oc2c(F)cccc2Cl)c(=O)oc2cc(O)ccc12. The topological polar surface area (TPSA) is 59.7 Å². The van der Waals surface area contributed by atoms with E-state index in [1.807, 2.05) is 6.92 Å². The average molecular weight is 349 g/mol. The van der Waals surface area contributed by atoms with E-state index in [1.54, 1.807) is 6.07 Å². The molecule has 0 saturated heterocycles. The third-order valence-electron chi connectivity index (χ3n) is 3.58. The Labute approximate surface area is 142 Å². The first kappa shape index (κ1) is 16.3. The summed E-state index contributed by atoms with van der Waals surface area (Å²) in [6.45, 7) is 1.95. The molecule has 1 heterocycles. The second kappa shape index (κ2) is 6.53. The quantitative estimate of drug-likeness (QED) is 0.671. The lowest BCUT2D eigenvalue weighted by atomic mass is 10.0. The summed E-state index contributed by atoms with van der Waals surface area (Å²) in [5, 5.41) is 10.2. The minimum absolute atomic E-state index is 0.0149. The number of benzene rings is 2. The van der Waals surface area contributed by atoms with Crippen LogP contribution in [0.15, 0.2) is 45.6 Å². The maximum Gasteiger partial charge on any atom is 0.379 e. The molecule has 0 amide bonds. The number of aromatic hydroxyl groups is 1. The molecule has 0 bridgehead atoms. The highest BCUT2D eigenvalue weighted by Crippen LogP contribution is 2.35. The summed E-state index contributed by atoms with van der Waals surface area (Å²) in [6.07, 6.45) is 1.26.